The number of amides is 1. The predicted octanol–water partition coefficient (Wildman–Crippen LogP) is 11.8. The monoisotopic (exact) mass is 743 g/mol. The summed E-state index contributed by atoms with van der Waals surface area (Å²) >= 11 is 0. The van der Waals surface area contributed by atoms with Crippen molar-refractivity contribution in [3.05, 3.63) is 24.3 Å². The Morgan fingerprint density at radius 3 is 1.57 bits per heavy atom. The number of aliphatic hydroxyl groups excluding tert-OH is 1. The van der Waals surface area contributed by atoms with Gasteiger partial charge in [-0.3, -0.25) is 13.8 Å². The second-order valence-corrected chi connectivity index (χ2v) is 16.0. The van der Waals surface area contributed by atoms with Gasteiger partial charge in [-0.25, -0.2) is 4.57 Å². The molecule has 0 aliphatic carbocycles. The second-order valence-electron chi connectivity index (χ2n) is 14.6. The lowest BCUT2D eigenvalue weighted by atomic mass is 10.0. The van der Waals surface area contributed by atoms with Crippen LogP contribution in [0.2, 0.25) is 0 Å². The lowest BCUT2D eigenvalue weighted by Crippen LogP contribution is -2.46. The molecule has 0 aromatic rings. The van der Waals surface area contributed by atoms with E-state index in [4.69, 9.17) is 14.8 Å². The van der Waals surface area contributed by atoms with Crippen molar-refractivity contribution in [2.75, 3.05) is 19.8 Å². The summed E-state index contributed by atoms with van der Waals surface area (Å²) in [5.74, 6) is -0.169. The Labute approximate surface area is 315 Å². The van der Waals surface area contributed by atoms with E-state index in [0.29, 0.717) is 12.8 Å². The highest BCUT2D eigenvalue weighted by molar-refractivity contribution is 7.47. The average molecular weight is 743 g/mol. The topological polar surface area (TPSA) is 131 Å². The number of unbranched alkanes of at least 4 members (excludes halogenated alkanes) is 24. The molecule has 51 heavy (non-hydrogen) atoms. The molecule has 3 atom stereocenters. The molecule has 0 saturated carbocycles. The van der Waals surface area contributed by atoms with Gasteiger partial charge in [0.2, 0.25) is 5.91 Å². The molecule has 0 fully saturated rings. The molecule has 0 bridgehead atoms. The molecule has 5 N–H and O–H groups in total. The first kappa shape index (κ1) is 50.0. The number of aliphatic hydroxyl groups is 1. The summed E-state index contributed by atoms with van der Waals surface area (Å²) in [6, 6.07) is -0.776. The van der Waals surface area contributed by atoms with Crippen molar-refractivity contribution in [1.29, 1.82) is 0 Å². The summed E-state index contributed by atoms with van der Waals surface area (Å²) < 4.78 is 22.2. The fourth-order valence-corrected chi connectivity index (χ4v) is 7.04. The molecule has 0 aromatic carbocycles. The molecule has 9 heteroatoms. The van der Waals surface area contributed by atoms with Gasteiger partial charge in [-0.2, -0.15) is 0 Å². The zero-order valence-electron chi connectivity index (χ0n) is 33.4. The third kappa shape index (κ3) is 37.1. The number of nitrogens with two attached hydrogens (primary N) is 1. The Bertz CT molecular complexity index is 855. The van der Waals surface area contributed by atoms with E-state index in [0.717, 1.165) is 51.4 Å². The molecular formula is C42H83N2O6P. The number of phosphoric ester groups is 1. The van der Waals surface area contributed by atoms with E-state index in [2.05, 4.69) is 43.5 Å². The van der Waals surface area contributed by atoms with Crippen LogP contribution in [0.4, 0.5) is 0 Å². The van der Waals surface area contributed by atoms with E-state index < -0.39 is 20.0 Å². The van der Waals surface area contributed by atoms with Gasteiger partial charge in [0, 0.05) is 13.0 Å². The molecule has 302 valence electrons. The zero-order valence-corrected chi connectivity index (χ0v) is 34.2. The Hall–Kier alpha value is -1.02. The van der Waals surface area contributed by atoms with Gasteiger partial charge >= 0.3 is 7.82 Å². The molecule has 0 aromatic heterocycles. The molecule has 1 amide bonds. The molecule has 3 unspecified atom stereocenters. The van der Waals surface area contributed by atoms with Gasteiger partial charge in [0.05, 0.1) is 25.4 Å². The number of carbonyl (C=O) groups is 1. The van der Waals surface area contributed by atoms with E-state index in [1.54, 1.807) is 0 Å². The summed E-state index contributed by atoms with van der Waals surface area (Å²) in [6.45, 7) is 4.19. The summed E-state index contributed by atoms with van der Waals surface area (Å²) in [5.41, 5.74) is 5.37. The van der Waals surface area contributed by atoms with Crippen molar-refractivity contribution in [2.24, 2.45) is 5.73 Å². The molecule has 0 aliphatic heterocycles. The van der Waals surface area contributed by atoms with Crippen LogP contribution in [0.15, 0.2) is 24.3 Å². The van der Waals surface area contributed by atoms with Crippen LogP contribution in [0.1, 0.15) is 206 Å². The number of hydrogen-bond acceptors (Lipinski definition) is 6. The van der Waals surface area contributed by atoms with Crippen LogP contribution < -0.4 is 11.1 Å². The van der Waals surface area contributed by atoms with Gasteiger partial charge in [-0.15, -0.1) is 0 Å². The highest BCUT2D eigenvalue weighted by Crippen LogP contribution is 2.43. The molecule has 0 aliphatic rings. The third-order valence-electron chi connectivity index (χ3n) is 9.56. The molecule has 0 saturated heterocycles. The highest BCUT2D eigenvalue weighted by Gasteiger charge is 2.27. The van der Waals surface area contributed by atoms with E-state index >= 15 is 0 Å². The Balaban J connectivity index is 4.17. The van der Waals surface area contributed by atoms with Gasteiger partial charge < -0.3 is 21.1 Å². The van der Waals surface area contributed by atoms with Crippen LogP contribution in [0.5, 0.6) is 0 Å². The summed E-state index contributed by atoms with van der Waals surface area (Å²) in [7, 11) is -4.31. The minimum absolute atomic E-state index is 0.0879. The van der Waals surface area contributed by atoms with Gasteiger partial charge in [0.1, 0.15) is 0 Å². The number of hydrogen-bond donors (Lipinski definition) is 4. The highest BCUT2D eigenvalue weighted by atomic mass is 31.2. The molecule has 8 nitrogen and oxygen atoms in total. The summed E-state index contributed by atoms with van der Waals surface area (Å²) in [5, 5.41) is 13.8. The van der Waals surface area contributed by atoms with Crippen molar-refractivity contribution >= 4 is 13.7 Å². The van der Waals surface area contributed by atoms with E-state index in [-0.39, 0.29) is 25.7 Å². The Morgan fingerprint density at radius 2 is 1.08 bits per heavy atom. The first-order valence-corrected chi connectivity index (χ1v) is 22.9. The Morgan fingerprint density at radius 1 is 0.647 bits per heavy atom. The normalized spacial score (nSPS) is 14.4. The van der Waals surface area contributed by atoms with Crippen LogP contribution >= 0.6 is 7.82 Å². The predicted molar refractivity (Wildman–Crippen MR) is 217 cm³/mol. The first-order valence-electron chi connectivity index (χ1n) is 21.5. The molecule has 0 heterocycles. The maximum absolute atomic E-state index is 12.8. The Kier molecular flexibility index (Phi) is 37.9. The van der Waals surface area contributed by atoms with Crippen molar-refractivity contribution < 1.29 is 28.4 Å². The summed E-state index contributed by atoms with van der Waals surface area (Å²) in [4.78, 5) is 22.7. The first-order chi connectivity index (χ1) is 24.9. The number of phosphoric acid groups is 1. The maximum atomic E-state index is 12.8. The fourth-order valence-electron chi connectivity index (χ4n) is 6.28. The molecule has 0 radical (unpaired) electrons. The lowest BCUT2D eigenvalue weighted by Gasteiger charge is -2.25. The van der Waals surface area contributed by atoms with Crippen LogP contribution in [0.25, 0.3) is 0 Å². The van der Waals surface area contributed by atoms with E-state index in [1.807, 2.05) is 0 Å². The largest absolute Gasteiger partial charge is 0.472 e. The van der Waals surface area contributed by atoms with E-state index in [1.165, 1.54) is 128 Å². The van der Waals surface area contributed by atoms with Crippen molar-refractivity contribution in [3.63, 3.8) is 0 Å². The number of nitrogens with one attached hydrogen (secondary N) is 1. The van der Waals surface area contributed by atoms with Crippen LogP contribution in [-0.4, -0.2) is 47.8 Å². The van der Waals surface area contributed by atoms with Gasteiger partial charge in [0.25, 0.3) is 0 Å². The number of rotatable bonds is 40. The van der Waals surface area contributed by atoms with Gasteiger partial charge in [-0.05, 0) is 44.9 Å². The maximum Gasteiger partial charge on any atom is 0.472 e. The second kappa shape index (κ2) is 38.7. The lowest BCUT2D eigenvalue weighted by molar-refractivity contribution is -0.123. The number of allylic oxidation sites excluding steroid dienone is 4. The third-order valence-corrected chi connectivity index (χ3v) is 10.5. The minimum atomic E-state index is -4.31. The quantitative estimate of drug-likeness (QED) is 0.0279. The molecular weight excluding hydrogens is 659 g/mol. The van der Waals surface area contributed by atoms with Gasteiger partial charge in [0.15, 0.2) is 0 Å². The smallest absolute Gasteiger partial charge is 0.391 e. The summed E-state index contributed by atoms with van der Waals surface area (Å²) in [6.07, 6.45) is 43.2. The minimum Gasteiger partial charge on any atom is -0.391 e. The van der Waals surface area contributed by atoms with Crippen molar-refractivity contribution in [2.45, 2.75) is 219 Å². The average Bonchev–Trinajstić information content (AvgIpc) is 3.12. The SMILES string of the molecule is CCCCCC/C=C\C/C=C\CCCCCCCCCC(=O)NC(COP(=O)(O)OCCN)C(O)CCCCCCCCCCCCCCCC. The fraction of sp³-hybridized carbons (Fsp3) is 0.881. The van der Waals surface area contributed by atoms with Crippen LogP contribution in [0.3, 0.4) is 0 Å². The van der Waals surface area contributed by atoms with Gasteiger partial charge in [-0.1, -0.05) is 179 Å². The van der Waals surface area contributed by atoms with Crippen molar-refractivity contribution in [1.82, 2.24) is 5.32 Å². The van der Waals surface area contributed by atoms with E-state index in [9.17, 15) is 19.4 Å². The zero-order chi connectivity index (χ0) is 37.5. The van der Waals surface area contributed by atoms with Crippen LogP contribution in [-0.2, 0) is 18.4 Å². The standard InChI is InChI=1S/C42H83N2O6P/c1-3-5-7-9-11-13-15-17-19-20-21-22-24-26-28-30-32-34-36-42(46)44-40(39-50-51(47,48)49-38-37-43)41(45)35-33-31-29-27-25-23-18-16-14-12-10-8-6-4-2/h13,15,19-20,40-41,45H,3-12,14,16-18,21-39,43H2,1-2H3,(H,44,46)(H,47,48)/b15-13-,20-19-. The van der Waals surface area contributed by atoms with Crippen molar-refractivity contribution in [3.8, 4) is 0 Å². The van der Waals surface area contributed by atoms with Crippen LogP contribution in [0, 0.1) is 0 Å². The molecule has 0 rings (SSSR count). The number of carbonyl (C=O) groups excluding carboxylic acids is 1. The molecule has 0 spiro atoms.